The molecule has 0 radical (unpaired) electrons. The van der Waals surface area contributed by atoms with Gasteiger partial charge in [-0.1, -0.05) is 44.2 Å². The number of fused-ring (bicyclic) bond motifs is 2. The Balaban J connectivity index is 1.65. The summed E-state index contributed by atoms with van der Waals surface area (Å²) in [6.45, 7) is 8.85. The Kier molecular flexibility index (Phi) is 6.59. The fourth-order valence-electron chi connectivity index (χ4n) is 4.96. The lowest BCUT2D eigenvalue weighted by Crippen LogP contribution is -2.29. The Morgan fingerprint density at radius 2 is 1.78 bits per heavy atom. The average Bonchev–Trinajstić information content (AvgIpc) is 3.13. The first-order valence-corrected chi connectivity index (χ1v) is 12.6. The van der Waals surface area contributed by atoms with Crippen molar-refractivity contribution < 1.29 is 18.3 Å². The van der Waals surface area contributed by atoms with Crippen LogP contribution in [0.1, 0.15) is 64.7 Å². The molecule has 4 aromatic rings. The molecule has 37 heavy (non-hydrogen) atoms. The molecule has 190 valence electrons. The monoisotopic (exact) mass is 499 g/mol. The van der Waals surface area contributed by atoms with Gasteiger partial charge in [-0.2, -0.15) is 0 Å². The number of nitrogens with zero attached hydrogens (tertiary/aromatic N) is 1. The van der Waals surface area contributed by atoms with E-state index in [0.29, 0.717) is 34.8 Å². The van der Waals surface area contributed by atoms with Gasteiger partial charge in [0.25, 0.3) is 5.91 Å². The van der Waals surface area contributed by atoms with Crippen LogP contribution in [-0.4, -0.2) is 17.4 Å². The van der Waals surface area contributed by atoms with E-state index in [2.05, 4.69) is 13.8 Å². The van der Waals surface area contributed by atoms with Crippen LogP contribution in [0.15, 0.2) is 69.9 Å². The summed E-state index contributed by atoms with van der Waals surface area (Å²) in [6, 6.07) is 16.6. The zero-order chi connectivity index (χ0) is 26.3. The van der Waals surface area contributed by atoms with Gasteiger partial charge in [-0.05, 0) is 78.8 Å². The second-order valence-electron chi connectivity index (χ2n) is 10.2. The third-order valence-electron chi connectivity index (χ3n) is 6.80. The molecule has 1 atom stereocenters. The highest BCUT2D eigenvalue weighted by atomic mass is 19.1. The van der Waals surface area contributed by atoms with Gasteiger partial charge in [0.15, 0.2) is 5.43 Å². The summed E-state index contributed by atoms with van der Waals surface area (Å²) in [4.78, 5) is 29.3. The van der Waals surface area contributed by atoms with Crippen LogP contribution in [0, 0.1) is 25.6 Å². The van der Waals surface area contributed by atoms with Crippen molar-refractivity contribution in [3.8, 4) is 5.75 Å². The van der Waals surface area contributed by atoms with Crippen molar-refractivity contribution >= 4 is 16.9 Å². The van der Waals surface area contributed by atoms with Crippen LogP contribution in [0.5, 0.6) is 5.75 Å². The maximum Gasteiger partial charge on any atom is 0.291 e. The zero-order valence-electron chi connectivity index (χ0n) is 21.5. The first-order chi connectivity index (χ1) is 17.7. The second kappa shape index (κ2) is 9.85. The fraction of sp³-hybridized carbons (Fsp3) is 0.290. The lowest BCUT2D eigenvalue weighted by atomic mass is 9.97. The van der Waals surface area contributed by atoms with E-state index < -0.39 is 6.04 Å². The normalized spacial score (nSPS) is 15.0. The topological polar surface area (TPSA) is 59.8 Å². The number of benzene rings is 3. The minimum absolute atomic E-state index is 0.0580. The van der Waals surface area contributed by atoms with Crippen molar-refractivity contribution in [3.05, 3.63) is 110 Å². The van der Waals surface area contributed by atoms with Crippen LogP contribution >= 0.6 is 0 Å². The minimum Gasteiger partial charge on any atom is -0.494 e. The molecule has 1 aliphatic rings. The highest BCUT2D eigenvalue weighted by Gasteiger charge is 2.43. The van der Waals surface area contributed by atoms with Crippen LogP contribution in [0.4, 0.5) is 4.39 Å². The van der Waals surface area contributed by atoms with Crippen LogP contribution < -0.4 is 10.2 Å². The van der Waals surface area contributed by atoms with Crippen molar-refractivity contribution in [1.82, 2.24) is 4.90 Å². The van der Waals surface area contributed by atoms with Crippen molar-refractivity contribution in [2.24, 2.45) is 5.92 Å². The fourth-order valence-corrected chi connectivity index (χ4v) is 4.96. The van der Waals surface area contributed by atoms with E-state index in [9.17, 15) is 14.0 Å². The van der Waals surface area contributed by atoms with E-state index >= 15 is 0 Å². The molecular formula is C31H30FNO4. The third-order valence-corrected chi connectivity index (χ3v) is 6.80. The van der Waals surface area contributed by atoms with Gasteiger partial charge in [0.2, 0.25) is 5.76 Å². The standard InChI is InChI=1S/C31H30FNO4/c1-18(2)12-13-36-24-7-5-6-22(16-24)27-26-28(34)25-15-19(3)14-20(4)29(25)37-30(26)31(35)33(27)17-21-8-10-23(32)11-9-21/h5-11,14-16,18,27H,12-13,17H2,1-4H3. The molecule has 1 aliphatic heterocycles. The van der Waals surface area contributed by atoms with E-state index in [0.717, 1.165) is 28.7 Å². The zero-order valence-corrected chi connectivity index (χ0v) is 21.5. The van der Waals surface area contributed by atoms with Gasteiger partial charge in [0.1, 0.15) is 17.1 Å². The molecule has 0 saturated carbocycles. The molecule has 0 N–H and O–H groups in total. The average molecular weight is 500 g/mol. The maximum absolute atomic E-state index is 13.9. The maximum atomic E-state index is 13.9. The van der Waals surface area contributed by atoms with Crippen molar-refractivity contribution in [2.75, 3.05) is 6.61 Å². The molecular weight excluding hydrogens is 469 g/mol. The molecule has 0 saturated heterocycles. The molecule has 0 spiro atoms. The molecule has 5 nitrogen and oxygen atoms in total. The summed E-state index contributed by atoms with van der Waals surface area (Å²) in [5.41, 5.74) is 3.79. The molecule has 0 aliphatic carbocycles. The largest absolute Gasteiger partial charge is 0.494 e. The van der Waals surface area contributed by atoms with Crippen LogP contribution in [-0.2, 0) is 6.54 Å². The van der Waals surface area contributed by atoms with E-state index in [-0.39, 0.29) is 29.5 Å². The summed E-state index contributed by atoms with van der Waals surface area (Å²) in [5.74, 6) is 0.532. The summed E-state index contributed by atoms with van der Waals surface area (Å²) < 4.78 is 25.7. The van der Waals surface area contributed by atoms with Gasteiger partial charge in [-0.15, -0.1) is 0 Å². The molecule has 1 amide bonds. The first kappa shape index (κ1) is 24.8. The molecule has 0 bridgehead atoms. The summed E-state index contributed by atoms with van der Waals surface area (Å²) in [5, 5.41) is 0.460. The highest BCUT2D eigenvalue weighted by molar-refractivity contribution is 5.99. The molecule has 1 aromatic heterocycles. The predicted molar refractivity (Wildman–Crippen MR) is 141 cm³/mol. The molecule has 1 unspecified atom stereocenters. The van der Waals surface area contributed by atoms with Crippen molar-refractivity contribution in [3.63, 3.8) is 0 Å². The smallest absolute Gasteiger partial charge is 0.291 e. The molecule has 5 rings (SSSR count). The van der Waals surface area contributed by atoms with Crippen LogP contribution in [0.25, 0.3) is 11.0 Å². The number of hydrogen-bond acceptors (Lipinski definition) is 4. The molecule has 3 aromatic carbocycles. The summed E-state index contributed by atoms with van der Waals surface area (Å²) >= 11 is 0. The number of amides is 1. The van der Waals surface area contributed by atoms with E-state index in [1.165, 1.54) is 12.1 Å². The number of carbonyl (C=O) groups excluding carboxylic acids is 1. The second-order valence-corrected chi connectivity index (χ2v) is 10.2. The third kappa shape index (κ3) is 4.76. The Bertz CT molecular complexity index is 1540. The number of hydrogen-bond donors (Lipinski definition) is 0. The Hall–Kier alpha value is -3.93. The Labute approximate surface area is 215 Å². The lowest BCUT2D eigenvalue weighted by Gasteiger charge is -2.25. The van der Waals surface area contributed by atoms with Gasteiger partial charge in [-0.25, -0.2) is 4.39 Å². The highest BCUT2D eigenvalue weighted by Crippen LogP contribution is 2.40. The molecule has 2 heterocycles. The van der Waals surface area contributed by atoms with Crippen LogP contribution in [0.2, 0.25) is 0 Å². The van der Waals surface area contributed by atoms with Gasteiger partial charge in [0, 0.05) is 6.54 Å². The minimum atomic E-state index is -0.664. The number of aryl methyl sites for hydroxylation is 2. The number of carbonyl (C=O) groups is 1. The number of ether oxygens (including phenoxy) is 1. The van der Waals surface area contributed by atoms with Crippen molar-refractivity contribution in [2.45, 2.75) is 46.7 Å². The van der Waals surface area contributed by atoms with E-state index in [1.54, 1.807) is 17.0 Å². The van der Waals surface area contributed by atoms with Gasteiger partial charge in [0.05, 0.1) is 23.6 Å². The van der Waals surface area contributed by atoms with E-state index in [4.69, 9.17) is 9.15 Å². The van der Waals surface area contributed by atoms with Gasteiger partial charge >= 0.3 is 0 Å². The quantitative estimate of drug-likeness (QED) is 0.283. The Morgan fingerprint density at radius 3 is 2.51 bits per heavy atom. The molecule has 0 fully saturated rings. The molecule has 6 heteroatoms. The number of halogens is 1. The predicted octanol–water partition coefficient (Wildman–Crippen LogP) is 6.72. The first-order valence-electron chi connectivity index (χ1n) is 12.6. The lowest BCUT2D eigenvalue weighted by molar-refractivity contribution is 0.0714. The van der Waals surface area contributed by atoms with Crippen molar-refractivity contribution in [1.29, 1.82) is 0 Å². The van der Waals surface area contributed by atoms with E-state index in [1.807, 2.05) is 50.2 Å². The summed E-state index contributed by atoms with van der Waals surface area (Å²) in [7, 11) is 0. The van der Waals surface area contributed by atoms with Crippen LogP contribution in [0.3, 0.4) is 0 Å². The summed E-state index contributed by atoms with van der Waals surface area (Å²) in [6.07, 6.45) is 0.917. The van der Waals surface area contributed by atoms with Gasteiger partial charge in [-0.3, -0.25) is 9.59 Å². The number of rotatable bonds is 7. The SMILES string of the molecule is Cc1cc(C)c2oc3c(c(=O)c2c1)C(c1cccc(OCCC(C)C)c1)N(Cc1ccc(F)cc1)C3=O. The Morgan fingerprint density at radius 1 is 1.03 bits per heavy atom. The van der Waals surface area contributed by atoms with Gasteiger partial charge < -0.3 is 14.1 Å².